The first-order chi connectivity index (χ1) is 12.1. The largest absolute Gasteiger partial charge is 0.481 e. The van der Waals surface area contributed by atoms with Gasteiger partial charge in [-0.2, -0.15) is 0 Å². The molecule has 1 aliphatic carbocycles. The zero-order valence-corrected chi connectivity index (χ0v) is 14.2. The van der Waals surface area contributed by atoms with Crippen LogP contribution < -0.4 is 0 Å². The predicted molar refractivity (Wildman–Crippen MR) is 96.3 cm³/mol. The Balaban J connectivity index is 1.91. The lowest BCUT2D eigenvalue weighted by Gasteiger charge is -2.20. The SMILES string of the molecule is O=C(O)C1CCc2c(c3ccccc3n2C(=O)c2cccc(Cl)c2)C1. The molecule has 0 saturated carbocycles. The molecule has 25 heavy (non-hydrogen) atoms. The molecular weight excluding hydrogens is 338 g/mol. The van der Waals surface area contributed by atoms with Gasteiger partial charge in [0, 0.05) is 21.7 Å². The van der Waals surface area contributed by atoms with Crippen LogP contribution in [0.5, 0.6) is 0 Å². The number of halogens is 1. The van der Waals surface area contributed by atoms with Crippen molar-refractivity contribution in [2.45, 2.75) is 19.3 Å². The molecule has 3 aromatic rings. The van der Waals surface area contributed by atoms with Crippen LogP contribution in [0.1, 0.15) is 28.0 Å². The number of carbonyl (C=O) groups excluding carboxylic acids is 1. The van der Waals surface area contributed by atoms with Crippen molar-refractivity contribution in [1.82, 2.24) is 4.57 Å². The summed E-state index contributed by atoms with van der Waals surface area (Å²) in [6.45, 7) is 0. The minimum Gasteiger partial charge on any atom is -0.481 e. The molecule has 0 fully saturated rings. The van der Waals surface area contributed by atoms with Gasteiger partial charge in [-0.05, 0) is 49.1 Å². The molecule has 0 amide bonds. The zero-order valence-electron chi connectivity index (χ0n) is 13.4. The van der Waals surface area contributed by atoms with Crippen LogP contribution in [-0.4, -0.2) is 21.6 Å². The van der Waals surface area contributed by atoms with Crippen LogP contribution in [0.15, 0.2) is 48.5 Å². The van der Waals surface area contributed by atoms with Crippen LogP contribution in [-0.2, 0) is 17.6 Å². The number of carboxylic acids is 1. The number of aliphatic carboxylic acids is 1. The quantitative estimate of drug-likeness (QED) is 0.752. The minimum atomic E-state index is -0.774. The summed E-state index contributed by atoms with van der Waals surface area (Å²) in [6, 6.07) is 14.6. The fourth-order valence-corrected chi connectivity index (χ4v) is 3.89. The van der Waals surface area contributed by atoms with Crippen LogP contribution in [0.3, 0.4) is 0 Å². The second-order valence-corrected chi connectivity index (χ2v) is 6.81. The molecule has 0 bridgehead atoms. The van der Waals surface area contributed by atoms with E-state index in [1.54, 1.807) is 28.8 Å². The number of benzene rings is 2. The Morgan fingerprint density at radius 2 is 1.92 bits per heavy atom. The predicted octanol–water partition coefficient (Wildman–Crippen LogP) is 4.17. The van der Waals surface area contributed by atoms with Crippen molar-refractivity contribution in [3.8, 4) is 0 Å². The smallest absolute Gasteiger partial charge is 0.306 e. The third-order valence-corrected chi connectivity index (χ3v) is 5.13. The lowest BCUT2D eigenvalue weighted by Crippen LogP contribution is -2.24. The summed E-state index contributed by atoms with van der Waals surface area (Å²) in [5.41, 5.74) is 3.24. The highest BCUT2D eigenvalue weighted by atomic mass is 35.5. The molecule has 4 nitrogen and oxygen atoms in total. The summed E-state index contributed by atoms with van der Waals surface area (Å²) in [7, 11) is 0. The van der Waals surface area contributed by atoms with Gasteiger partial charge in [-0.15, -0.1) is 0 Å². The molecule has 1 N–H and O–H groups in total. The summed E-state index contributed by atoms with van der Waals surface area (Å²) in [6.07, 6.45) is 1.58. The summed E-state index contributed by atoms with van der Waals surface area (Å²) in [5.74, 6) is -1.30. The van der Waals surface area contributed by atoms with Gasteiger partial charge in [0.15, 0.2) is 0 Å². The van der Waals surface area contributed by atoms with Crippen molar-refractivity contribution >= 4 is 34.4 Å². The number of rotatable bonds is 2. The third-order valence-electron chi connectivity index (χ3n) is 4.89. The average molecular weight is 354 g/mol. The number of para-hydroxylation sites is 1. The Morgan fingerprint density at radius 1 is 1.12 bits per heavy atom. The third kappa shape index (κ3) is 2.63. The summed E-state index contributed by atoms with van der Waals surface area (Å²) in [4.78, 5) is 24.6. The molecule has 2 aromatic carbocycles. The maximum absolute atomic E-state index is 13.1. The Bertz CT molecular complexity index is 1010. The number of carboxylic acid groups (broad SMARTS) is 1. The van der Waals surface area contributed by atoms with Crippen LogP contribution in [0.2, 0.25) is 5.02 Å². The van der Waals surface area contributed by atoms with Gasteiger partial charge in [-0.1, -0.05) is 35.9 Å². The van der Waals surface area contributed by atoms with E-state index < -0.39 is 11.9 Å². The fourth-order valence-electron chi connectivity index (χ4n) is 3.70. The highest BCUT2D eigenvalue weighted by molar-refractivity contribution is 6.31. The molecule has 1 heterocycles. The van der Waals surface area contributed by atoms with Crippen molar-refractivity contribution in [2.24, 2.45) is 5.92 Å². The Labute approximate surface area is 149 Å². The summed E-state index contributed by atoms with van der Waals surface area (Å²) in [5, 5.41) is 10.8. The lowest BCUT2D eigenvalue weighted by atomic mass is 9.86. The van der Waals surface area contributed by atoms with Crippen molar-refractivity contribution in [2.75, 3.05) is 0 Å². The van der Waals surface area contributed by atoms with Crippen LogP contribution >= 0.6 is 11.6 Å². The standard InChI is InChI=1S/C20H16ClNO3/c21-14-5-3-4-12(10-14)19(23)22-17-7-2-1-6-15(17)16-11-13(20(24)25)8-9-18(16)22/h1-7,10,13H,8-9,11H2,(H,24,25). The minimum absolute atomic E-state index is 0.131. The lowest BCUT2D eigenvalue weighted by molar-refractivity contribution is -0.142. The molecule has 0 spiro atoms. The Kier molecular flexibility index (Phi) is 3.85. The van der Waals surface area contributed by atoms with E-state index in [0.717, 1.165) is 22.2 Å². The van der Waals surface area contributed by atoms with Crippen molar-refractivity contribution in [3.05, 3.63) is 70.4 Å². The highest BCUT2D eigenvalue weighted by Crippen LogP contribution is 2.35. The maximum atomic E-state index is 13.1. The van der Waals surface area contributed by atoms with Gasteiger partial charge in [-0.3, -0.25) is 14.2 Å². The van der Waals surface area contributed by atoms with Crippen molar-refractivity contribution in [1.29, 1.82) is 0 Å². The topological polar surface area (TPSA) is 59.3 Å². The first-order valence-corrected chi connectivity index (χ1v) is 8.58. The molecule has 4 rings (SSSR count). The summed E-state index contributed by atoms with van der Waals surface area (Å²) < 4.78 is 1.73. The molecule has 1 atom stereocenters. The molecular formula is C20H16ClNO3. The van der Waals surface area contributed by atoms with Gasteiger partial charge in [0.2, 0.25) is 0 Å². The number of hydrogen-bond donors (Lipinski definition) is 1. The van der Waals surface area contributed by atoms with Gasteiger partial charge in [0.25, 0.3) is 5.91 Å². The van der Waals surface area contributed by atoms with Crippen molar-refractivity contribution in [3.63, 3.8) is 0 Å². The van der Waals surface area contributed by atoms with Crippen LogP contribution in [0.25, 0.3) is 10.9 Å². The second kappa shape index (κ2) is 6.05. The van der Waals surface area contributed by atoms with E-state index in [1.165, 1.54) is 0 Å². The number of hydrogen-bond acceptors (Lipinski definition) is 2. The molecule has 0 saturated heterocycles. The molecule has 1 aliphatic rings. The van der Waals surface area contributed by atoms with E-state index in [2.05, 4.69) is 0 Å². The van der Waals surface area contributed by atoms with Gasteiger partial charge >= 0.3 is 5.97 Å². The number of nitrogens with zero attached hydrogens (tertiary/aromatic N) is 1. The van der Waals surface area contributed by atoms with E-state index in [4.69, 9.17) is 11.6 Å². The molecule has 1 unspecified atom stereocenters. The van der Waals surface area contributed by atoms with Gasteiger partial charge in [0.1, 0.15) is 0 Å². The second-order valence-electron chi connectivity index (χ2n) is 6.37. The number of carbonyl (C=O) groups is 2. The Morgan fingerprint density at radius 3 is 2.68 bits per heavy atom. The summed E-state index contributed by atoms with van der Waals surface area (Å²) >= 11 is 6.04. The van der Waals surface area contributed by atoms with Gasteiger partial charge < -0.3 is 5.11 Å². The first-order valence-electron chi connectivity index (χ1n) is 8.20. The van der Waals surface area contributed by atoms with E-state index in [0.29, 0.717) is 29.8 Å². The molecule has 5 heteroatoms. The number of aromatic nitrogens is 1. The fraction of sp³-hybridized carbons (Fsp3) is 0.200. The molecule has 126 valence electrons. The van der Waals surface area contributed by atoms with Gasteiger partial charge in [0.05, 0.1) is 11.4 Å². The van der Waals surface area contributed by atoms with E-state index >= 15 is 0 Å². The normalized spacial score (nSPS) is 16.6. The van der Waals surface area contributed by atoms with E-state index in [9.17, 15) is 14.7 Å². The monoisotopic (exact) mass is 353 g/mol. The van der Waals surface area contributed by atoms with Crippen LogP contribution in [0, 0.1) is 5.92 Å². The average Bonchev–Trinajstić information content (AvgIpc) is 2.95. The highest BCUT2D eigenvalue weighted by Gasteiger charge is 2.30. The van der Waals surface area contributed by atoms with Gasteiger partial charge in [-0.25, -0.2) is 0 Å². The van der Waals surface area contributed by atoms with E-state index in [1.807, 2.05) is 24.3 Å². The first kappa shape index (κ1) is 15.9. The van der Waals surface area contributed by atoms with Crippen molar-refractivity contribution < 1.29 is 14.7 Å². The molecule has 0 radical (unpaired) electrons. The zero-order chi connectivity index (χ0) is 17.6. The number of fused-ring (bicyclic) bond motifs is 3. The molecule has 1 aromatic heterocycles. The van der Waals surface area contributed by atoms with E-state index in [-0.39, 0.29) is 5.91 Å². The molecule has 0 aliphatic heterocycles. The maximum Gasteiger partial charge on any atom is 0.306 e. The Hall–Kier alpha value is -2.59. The van der Waals surface area contributed by atoms with Crippen LogP contribution in [0.4, 0.5) is 0 Å².